The molecule has 0 bridgehead atoms. The zero-order chi connectivity index (χ0) is 14.5. The van der Waals surface area contributed by atoms with E-state index in [9.17, 15) is 0 Å². The molecular weight excluding hydrogens is 268 g/mol. The fraction of sp³-hybridized carbons (Fsp3) is 0.647. The monoisotopic (exact) mass is 294 g/mol. The normalized spacial score (nSPS) is 18.0. The van der Waals surface area contributed by atoms with Crippen LogP contribution in [0.1, 0.15) is 51.5 Å². The summed E-state index contributed by atoms with van der Waals surface area (Å²) >= 11 is 6.17. The van der Waals surface area contributed by atoms with Crippen LogP contribution in [-0.2, 0) is 6.42 Å². The molecule has 1 aromatic carbocycles. The summed E-state index contributed by atoms with van der Waals surface area (Å²) in [6, 6.07) is 7.12. The van der Waals surface area contributed by atoms with Crippen molar-refractivity contribution in [3.63, 3.8) is 0 Å². The van der Waals surface area contributed by atoms with E-state index in [1.807, 2.05) is 6.07 Å². The third kappa shape index (κ3) is 3.89. The smallest absolute Gasteiger partial charge is 0.0410 e. The van der Waals surface area contributed by atoms with Crippen molar-refractivity contribution in [2.45, 2.75) is 64.5 Å². The predicted octanol–water partition coefficient (Wildman–Crippen LogP) is 4.39. The summed E-state index contributed by atoms with van der Waals surface area (Å²) in [4.78, 5) is 2.56. The molecule has 0 aromatic heterocycles. The zero-order valence-electron chi connectivity index (χ0n) is 12.7. The van der Waals surface area contributed by atoms with E-state index in [0.717, 1.165) is 18.0 Å². The zero-order valence-corrected chi connectivity index (χ0v) is 13.5. The molecule has 3 heteroatoms. The van der Waals surface area contributed by atoms with E-state index < -0.39 is 0 Å². The predicted molar refractivity (Wildman–Crippen MR) is 88.7 cm³/mol. The minimum absolute atomic E-state index is 0.164. The molecule has 0 amide bonds. The lowest BCUT2D eigenvalue weighted by Crippen LogP contribution is -2.37. The van der Waals surface area contributed by atoms with Crippen LogP contribution < -0.4 is 10.6 Å². The summed E-state index contributed by atoms with van der Waals surface area (Å²) in [5.41, 5.74) is 8.63. The topological polar surface area (TPSA) is 29.3 Å². The first-order chi connectivity index (χ1) is 9.61. The molecule has 20 heavy (non-hydrogen) atoms. The van der Waals surface area contributed by atoms with Crippen LogP contribution in [-0.4, -0.2) is 18.6 Å². The van der Waals surface area contributed by atoms with Gasteiger partial charge >= 0.3 is 0 Å². The van der Waals surface area contributed by atoms with Crippen molar-refractivity contribution >= 4 is 17.3 Å². The minimum atomic E-state index is 0.164. The summed E-state index contributed by atoms with van der Waals surface area (Å²) in [6.45, 7) is 5.36. The van der Waals surface area contributed by atoms with Gasteiger partial charge in [-0.05, 0) is 56.9 Å². The molecule has 0 saturated heterocycles. The molecule has 1 aliphatic carbocycles. The van der Waals surface area contributed by atoms with E-state index in [-0.39, 0.29) is 6.04 Å². The van der Waals surface area contributed by atoms with E-state index in [0.29, 0.717) is 6.04 Å². The van der Waals surface area contributed by atoms with Crippen LogP contribution in [0.5, 0.6) is 0 Å². The number of anilines is 1. The number of nitrogens with two attached hydrogens (primary N) is 1. The highest BCUT2D eigenvalue weighted by molar-refractivity contribution is 6.30. The van der Waals surface area contributed by atoms with E-state index >= 15 is 0 Å². The largest absolute Gasteiger partial charge is 0.369 e. The summed E-state index contributed by atoms with van der Waals surface area (Å²) < 4.78 is 0. The summed E-state index contributed by atoms with van der Waals surface area (Å²) in [5.74, 6) is 0. The molecule has 0 heterocycles. The fourth-order valence-electron chi connectivity index (χ4n) is 3.36. The maximum atomic E-state index is 6.17. The molecule has 0 aliphatic heterocycles. The molecular formula is C17H27ClN2. The molecule has 2 N–H and O–H groups in total. The van der Waals surface area contributed by atoms with Gasteiger partial charge in [0.2, 0.25) is 0 Å². The molecule has 2 nitrogen and oxygen atoms in total. The number of rotatable bonds is 5. The van der Waals surface area contributed by atoms with E-state index in [1.165, 1.54) is 43.4 Å². The van der Waals surface area contributed by atoms with Crippen molar-refractivity contribution in [3.8, 4) is 0 Å². The molecule has 1 atom stereocenters. The highest BCUT2D eigenvalue weighted by Crippen LogP contribution is 2.31. The van der Waals surface area contributed by atoms with Crippen molar-refractivity contribution in [2.24, 2.45) is 5.73 Å². The Morgan fingerprint density at radius 2 is 2.00 bits per heavy atom. The number of hydrogen-bond acceptors (Lipinski definition) is 2. The van der Waals surface area contributed by atoms with Crippen LogP contribution in [0.4, 0.5) is 5.69 Å². The van der Waals surface area contributed by atoms with Crippen LogP contribution >= 0.6 is 11.6 Å². The van der Waals surface area contributed by atoms with Crippen LogP contribution in [0.2, 0.25) is 5.02 Å². The van der Waals surface area contributed by atoms with Gasteiger partial charge in [-0.3, -0.25) is 0 Å². The highest BCUT2D eigenvalue weighted by Gasteiger charge is 2.22. The summed E-state index contributed by atoms with van der Waals surface area (Å²) in [5, 5.41) is 0.809. The molecule has 0 radical (unpaired) electrons. The standard InChI is InChI=1S/C17H27ClN2/c1-3-20(16-7-5-4-6-8-16)17-10-9-15(18)12-14(17)11-13(2)19/h9-10,12-13,16H,3-8,11,19H2,1-2H3. The molecule has 112 valence electrons. The average Bonchev–Trinajstić information content (AvgIpc) is 2.42. The summed E-state index contributed by atoms with van der Waals surface area (Å²) in [7, 11) is 0. The molecule has 2 rings (SSSR count). The van der Waals surface area contributed by atoms with E-state index in [2.05, 4.69) is 30.9 Å². The molecule has 0 spiro atoms. The Kier molecular flexibility index (Phi) is 5.74. The van der Waals surface area contributed by atoms with Gasteiger partial charge in [0, 0.05) is 29.3 Å². The first kappa shape index (κ1) is 15.7. The van der Waals surface area contributed by atoms with Gasteiger partial charge < -0.3 is 10.6 Å². The number of benzene rings is 1. The minimum Gasteiger partial charge on any atom is -0.369 e. The Morgan fingerprint density at radius 1 is 1.30 bits per heavy atom. The maximum Gasteiger partial charge on any atom is 0.0410 e. The van der Waals surface area contributed by atoms with Gasteiger partial charge in [0.25, 0.3) is 0 Å². The lowest BCUT2D eigenvalue weighted by Gasteiger charge is -2.37. The summed E-state index contributed by atoms with van der Waals surface area (Å²) in [6.07, 6.45) is 7.62. The van der Waals surface area contributed by atoms with Gasteiger partial charge in [-0.25, -0.2) is 0 Å². The molecule has 1 aromatic rings. The van der Waals surface area contributed by atoms with Gasteiger partial charge in [0.15, 0.2) is 0 Å². The Balaban J connectivity index is 2.27. The van der Waals surface area contributed by atoms with Gasteiger partial charge in [0.1, 0.15) is 0 Å². The second kappa shape index (κ2) is 7.33. The second-order valence-electron chi connectivity index (χ2n) is 6.03. The van der Waals surface area contributed by atoms with Crippen LogP contribution in [0.3, 0.4) is 0 Å². The molecule has 1 fully saturated rings. The Labute approximate surface area is 128 Å². The van der Waals surface area contributed by atoms with Crippen molar-refractivity contribution in [1.82, 2.24) is 0 Å². The average molecular weight is 295 g/mol. The molecule has 1 unspecified atom stereocenters. The van der Waals surface area contributed by atoms with Crippen LogP contribution in [0.25, 0.3) is 0 Å². The Morgan fingerprint density at radius 3 is 2.60 bits per heavy atom. The van der Waals surface area contributed by atoms with Gasteiger partial charge in [0.05, 0.1) is 0 Å². The highest BCUT2D eigenvalue weighted by atomic mass is 35.5. The quantitative estimate of drug-likeness (QED) is 0.873. The Bertz CT molecular complexity index is 425. The fourth-order valence-corrected chi connectivity index (χ4v) is 3.56. The van der Waals surface area contributed by atoms with Crippen LogP contribution in [0, 0.1) is 0 Å². The van der Waals surface area contributed by atoms with Crippen molar-refractivity contribution < 1.29 is 0 Å². The number of halogens is 1. The SMILES string of the molecule is CCN(c1ccc(Cl)cc1CC(C)N)C1CCCCC1. The Hall–Kier alpha value is -0.730. The van der Waals surface area contributed by atoms with E-state index in [1.54, 1.807) is 0 Å². The lowest BCUT2D eigenvalue weighted by molar-refractivity contribution is 0.417. The van der Waals surface area contributed by atoms with Crippen molar-refractivity contribution in [1.29, 1.82) is 0 Å². The van der Waals surface area contributed by atoms with Gasteiger partial charge in [-0.2, -0.15) is 0 Å². The third-order valence-electron chi connectivity index (χ3n) is 4.25. The lowest BCUT2D eigenvalue weighted by atomic mass is 9.93. The molecule has 1 saturated carbocycles. The third-order valence-corrected chi connectivity index (χ3v) is 4.48. The second-order valence-corrected chi connectivity index (χ2v) is 6.47. The van der Waals surface area contributed by atoms with Crippen LogP contribution in [0.15, 0.2) is 18.2 Å². The van der Waals surface area contributed by atoms with Gasteiger partial charge in [-0.15, -0.1) is 0 Å². The first-order valence-corrected chi connectivity index (χ1v) is 8.30. The van der Waals surface area contributed by atoms with E-state index in [4.69, 9.17) is 17.3 Å². The number of hydrogen-bond donors (Lipinski definition) is 1. The van der Waals surface area contributed by atoms with Gasteiger partial charge in [-0.1, -0.05) is 30.9 Å². The first-order valence-electron chi connectivity index (χ1n) is 7.92. The number of nitrogens with zero attached hydrogens (tertiary/aromatic N) is 1. The maximum absolute atomic E-state index is 6.17. The van der Waals surface area contributed by atoms with Crippen molar-refractivity contribution in [3.05, 3.63) is 28.8 Å². The molecule has 1 aliphatic rings. The van der Waals surface area contributed by atoms with Crippen molar-refractivity contribution in [2.75, 3.05) is 11.4 Å².